The highest BCUT2D eigenvalue weighted by Gasteiger charge is 2.70. The second-order valence-electron chi connectivity index (χ2n) is 19.1. The minimum absolute atomic E-state index is 0.121. The van der Waals surface area contributed by atoms with Gasteiger partial charge < -0.3 is 48.8 Å². The molecule has 6 aromatic carbocycles. The third kappa shape index (κ3) is 10.9. The van der Waals surface area contributed by atoms with Gasteiger partial charge in [-0.3, -0.25) is 9.59 Å². The zero-order valence-corrected chi connectivity index (χ0v) is 43.1. The molecule has 6 aromatic rings. The molecule has 0 spiro atoms. The van der Waals surface area contributed by atoms with Crippen LogP contribution in [0.3, 0.4) is 0 Å². The van der Waals surface area contributed by atoms with Crippen molar-refractivity contribution in [3.05, 3.63) is 191 Å². The first kappa shape index (κ1) is 53.5. The van der Waals surface area contributed by atoms with E-state index in [1.165, 1.54) is 11.8 Å². The molecule has 4 fully saturated rings. The molecule has 398 valence electrons. The van der Waals surface area contributed by atoms with Gasteiger partial charge in [-0.1, -0.05) is 121 Å². The summed E-state index contributed by atoms with van der Waals surface area (Å²) in [5, 5.41) is 26.6. The number of fused-ring (bicyclic) bond motifs is 2. The number of phenolic OH excluding ortho intramolecular Hbond substituents is 2. The Morgan fingerprint density at radius 2 is 1.13 bits per heavy atom. The normalized spacial score (nSPS) is 22.5. The Morgan fingerprint density at radius 1 is 0.623 bits per heavy atom. The van der Waals surface area contributed by atoms with Gasteiger partial charge in [-0.15, -0.1) is 11.8 Å². The van der Waals surface area contributed by atoms with Gasteiger partial charge in [-0.2, -0.15) is 0 Å². The maximum atomic E-state index is 14.1. The van der Waals surface area contributed by atoms with Crippen LogP contribution < -0.4 is 9.47 Å². The van der Waals surface area contributed by atoms with Crippen molar-refractivity contribution in [2.45, 2.75) is 78.3 Å². The summed E-state index contributed by atoms with van der Waals surface area (Å²) in [4.78, 5) is 78.3. The van der Waals surface area contributed by atoms with Gasteiger partial charge in [0.1, 0.15) is 42.6 Å². The van der Waals surface area contributed by atoms with E-state index < -0.39 is 90.8 Å². The minimum atomic E-state index is -4.09. The van der Waals surface area contributed by atoms with Crippen molar-refractivity contribution in [2.24, 2.45) is 0 Å². The second-order valence-corrected chi connectivity index (χ2v) is 23.3. The number of carbonyl (C=O) groups excluding carboxylic acids is 5. The summed E-state index contributed by atoms with van der Waals surface area (Å²) in [5.74, 6) is -4.53. The van der Waals surface area contributed by atoms with E-state index in [0.717, 1.165) is 52.3 Å². The number of hydrogen-bond donors (Lipinski definition) is 3. The average molecular weight is 1090 g/mol. The molecule has 3 N–H and O–H groups in total. The van der Waals surface area contributed by atoms with Crippen molar-refractivity contribution in [1.82, 2.24) is 9.80 Å². The molecule has 10 rings (SSSR count). The van der Waals surface area contributed by atoms with Crippen LogP contribution >= 0.6 is 11.8 Å². The molecular formula is C57H52N2O16S2. The van der Waals surface area contributed by atoms with Crippen LogP contribution in [0.15, 0.2) is 158 Å². The van der Waals surface area contributed by atoms with Crippen molar-refractivity contribution < 1.29 is 76.2 Å². The molecule has 4 heterocycles. The molecule has 2 amide bonds. The topological polar surface area (TPSA) is 250 Å². The lowest BCUT2D eigenvalue weighted by molar-refractivity contribution is -0.164. The lowest BCUT2D eigenvalue weighted by Gasteiger charge is -2.38. The molecule has 4 aliphatic heterocycles. The number of hydrogen-bond acceptors (Lipinski definition) is 16. The highest BCUT2D eigenvalue weighted by Crippen LogP contribution is 2.52. The van der Waals surface area contributed by atoms with E-state index >= 15 is 0 Å². The summed E-state index contributed by atoms with van der Waals surface area (Å²) in [6, 6.07) is 43.9. The first-order valence-electron chi connectivity index (χ1n) is 24.3. The SMILES string of the molecule is C[C@@]1(COC(=O)c2ccc(OCc3ccccc3)c(OCc3ccccc3)c2)S[C@@H]2CC(=O)N2[C@H]1C(=O)OC(c1ccccc1)c1ccccc1.C[C@]1(COC(=O)c2ccc(O)c(O)c2)[C@H](C(=O)O)N2C(=O)C[C@H]2S1(=O)=O. The molecule has 4 aliphatic rings. The van der Waals surface area contributed by atoms with Gasteiger partial charge in [0.15, 0.2) is 45.0 Å². The van der Waals surface area contributed by atoms with Crippen molar-refractivity contribution >= 4 is 57.3 Å². The van der Waals surface area contributed by atoms with E-state index in [0.29, 0.717) is 24.5 Å². The zero-order valence-electron chi connectivity index (χ0n) is 41.5. The van der Waals surface area contributed by atoms with Crippen LogP contribution in [0.2, 0.25) is 0 Å². The van der Waals surface area contributed by atoms with E-state index in [2.05, 4.69) is 0 Å². The Hall–Kier alpha value is -8.36. The van der Waals surface area contributed by atoms with Crippen molar-refractivity contribution in [3.63, 3.8) is 0 Å². The standard InChI is InChI=1S/C42H37NO7S.C15H15NO9S/c1-42(39(43-36(44)25-37(43)51-42)41(46)50-38(31-18-10-4-11-19-31)32-20-12-5-13-21-32)28-49-40(45)33-22-23-34(47-26-29-14-6-2-7-15-29)35(24-33)48-27-30-16-8-3-9-17-30;1-15(6-25-14(22)7-2-3-8(17)9(18)4-7)12(13(20)21)16-10(19)5-11(16)26(15,23)24/h2-24,37-39H,25-28H2,1H3;2-4,11-12,17-18H,5-6H2,1H3,(H,20,21)/t37-,39+,42+;11-,12+,15+/m11/s1. The molecule has 0 aromatic heterocycles. The molecule has 4 saturated heterocycles. The Balaban J connectivity index is 0.000000233. The number of sulfone groups is 1. The predicted octanol–water partition coefficient (Wildman–Crippen LogP) is 7.22. The summed E-state index contributed by atoms with van der Waals surface area (Å²) in [6.45, 7) is 2.66. The number of esters is 3. The zero-order chi connectivity index (χ0) is 54.6. The highest BCUT2D eigenvalue weighted by atomic mass is 32.2. The predicted molar refractivity (Wildman–Crippen MR) is 278 cm³/mol. The van der Waals surface area contributed by atoms with Crippen LogP contribution in [-0.4, -0.2) is 115 Å². The van der Waals surface area contributed by atoms with E-state index in [9.17, 15) is 52.5 Å². The summed E-state index contributed by atoms with van der Waals surface area (Å²) in [6.07, 6.45) is -0.670. The number of β-lactam (4-membered cyclic amide) rings is 2. The number of carboxylic acid groups (broad SMARTS) is 1. The number of aliphatic carboxylic acids is 1. The van der Waals surface area contributed by atoms with Gasteiger partial charge >= 0.3 is 23.9 Å². The van der Waals surface area contributed by atoms with Crippen molar-refractivity contribution in [1.29, 1.82) is 0 Å². The molecule has 18 nitrogen and oxygen atoms in total. The van der Waals surface area contributed by atoms with E-state index in [1.54, 1.807) is 23.1 Å². The number of aromatic hydroxyl groups is 2. The summed E-state index contributed by atoms with van der Waals surface area (Å²) < 4.78 is 51.8. The number of phenols is 2. The highest BCUT2D eigenvalue weighted by molar-refractivity contribution is 8.01. The van der Waals surface area contributed by atoms with Gasteiger partial charge in [-0.25, -0.2) is 27.6 Å². The van der Waals surface area contributed by atoms with Crippen LogP contribution in [-0.2, 0) is 56.4 Å². The monoisotopic (exact) mass is 1080 g/mol. The van der Waals surface area contributed by atoms with Crippen LogP contribution in [0.5, 0.6) is 23.0 Å². The lowest BCUT2D eigenvalue weighted by atomic mass is 9.96. The van der Waals surface area contributed by atoms with Crippen molar-refractivity contribution in [3.8, 4) is 23.0 Å². The molecule has 0 bridgehead atoms. The van der Waals surface area contributed by atoms with Gasteiger partial charge in [-0.05, 0) is 72.5 Å². The van der Waals surface area contributed by atoms with Crippen LogP contribution in [0.1, 0.15) is 75.8 Å². The first-order valence-corrected chi connectivity index (χ1v) is 26.7. The summed E-state index contributed by atoms with van der Waals surface area (Å²) in [7, 11) is -4.09. The Morgan fingerprint density at radius 3 is 1.66 bits per heavy atom. The molecular weight excluding hydrogens is 1030 g/mol. The quantitative estimate of drug-likeness (QED) is 0.0353. The molecule has 77 heavy (non-hydrogen) atoms. The Bertz CT molecular complexity index is 3280. The third-order valence-corrected chi connectivity index (χ3v) is 18.1. The summed E-state index contributed by atoms with van der Waals surface area (Å²) in [5.41, 5.74) is 3.68. The smallest absolute Gasteiger partial charge is 0.338 e. The lowest BCUT2D eigenvalue weighted by Crippen LogP contribution is -2.58. The third-order valence-electron chi connectivity index (χ3n) is 13.8. The number of carboxylic acids is 1. The van der Waals surface area contributed by atoms with Crippen LogP contribution in [0.4, 0.5) is 0 Å². The van der Waals surface area contributed by atoms with Gasteiger partial charge in [0.25, 0.3) is 0 Å². The largest absolute Gasteiger partial charge is 0.504 e. The fraction of sp³-hybridized carbons (Fsp3) is 0.263. The molecule has 6 atom stereocenters. The van der Waals surface area contributed by atoms with Gasteiger partial charge in [0, 0.05) is 0 Å². The maximum Gasteiger partial charge on any atom is 0.338 e. The number of ether oxygens (including phenoxy) is 5. The van der Waals surface area contributed by atoms with E-state index in [-0.39, 0.29) is 42.0 Å². The maximum absolute atomic E-state index is 14.1. The number of thioether (sulfide) groups is 1. The number of benzene rings is 6. The van der Waals surface area contributed by atoms with Gasteiger partial charge in [0.2, 0.25) is 11.8 Å². The first-order chi connectivity index (χ1) is 36.9. The van der Waals surface area contributed by atoms with E-state index in [4.69, 9.17) is 23.7 Å². The minimum Gasteiger partial charge on any atom is -0.504 e. The Kier molecular flexibility index (Phi) is 15.3. The van der Waals surface area contributed by atoms with Crippen molar-refractivity contribution in [2.75, 3.05) is 13.2 Å². The number of rotatable bonds is 17. The fourth-order valence-corrected chi connectivity index (χ4v) is 13.5. The number of carbonyl (C=O) groups is 6. The second kappa shape index (κ2) is 22.1. The number of nitrogens with zero attached hydrogens (tertiary/aromatic N) is 2. The Labute approximate surface area is 447 Å². The van der Waals surface area contributed by atoms with Crippen LogP contribution in [0.25, 0.3) is 0 Å². The number of amides is 2. The average Bonchev–Trinajstić information content (AvgIpc) is 3.77. The summed E-state index contributed by atoms with van der Waals surface area (Å²) >= 11 is 1.46. The molecule has 20 heteroatoms. The molecule has 0 saturated carbocycles. The fourth-order valence-electron chi connectivity index (χ4n) is 9.57. The molecule has 0 radical (unpaired) electrons. The molecule has 0 unspecified atom stereocenters. The molecule has 0 aliphatic carbocycles. The van der Waals surface area contributed by atoms with Crippen LogP contribution in [0, 0.1) is 0 Å². The van der Waals surface area contributed by atoms with E-state index in [1.807, 2.05) is 128 Å². The van der Waals surface area contributed by atoms with Gasteiger partial charge in [0.05, 0.1) is 34.1 Å².